The molecule has 0 aliphatic rings. The third kappa shape index (κ3) is 16.8. The molecule has 2 aromatic carbocycles. The van der Waals surface area contributed by atoms with Gasteiger partial charge in [0.2, 0.25) is 0 Å². The second-order valence-corrected chi connectivity index (χ2v) is 11.3. The van der Waals surface area contributed by atoms with Crippen LogP contribution in [0.4, 0.5) is 0 Å². The van der Waals surface area contributed by atoms with Crippen LogP contribution in [0.3, 0.4) is 0 Å². The minimum Gasteiger partial charge on any atom is -1.00 e. The molecule has 1 heterocycles. The van der Waals surface area contributed by atoms with Crippen molar-refractivity contribution >= 4 is 12.2 Å². The van der Waals surface area contributed by atoms with Gasteiger partial charge in [0.15, 0.2) is 12.4 Å². The van der Waals surface area contributed by atoms with Gasteiger partial charge in [0.1, 0.15) is 18.9 Å². The summed E-state index contributed by atoms with van der Waals surface area (Å²) >= 11 is 0. The number of nitrogens with zero attached hydrogens (tertiary/aromatic N) is 1. The Morgan fingerprint density at radius 2 is 1.00 bits per heavy atom. The van der Waals surface area contributed by atoms with Crippen molar-refractivity contribution < 1.29 is 33.3 Å². The fourth-order valence-electron chi connectivity index (χ4n) is 5.18. The Bertz CT molecular complexity index is 1030. The van der Waals surface area contributed by atoms with Gasteiger partial charge in [-0.05, 0) is 35.2 Å². The van der Waals surface area contributed by atoms with Crippen LogP contribution in [0, 0.1) is 0 Å². The number of ether oxygens (including phenoxy) is 1. The first kappa shape index (κ1) is 35.1. The molecule has 0 atom stereocenters. The molecule has 3 rings (SSSR count). The van der Waals surface area contributed by atoms with E-state index in [1.807, 2.05) is 30.3 Å². The molecular weight excluding hydrogens is 613 g/mol. The van der Waals surface area contributed by atoms with Gasteiger partial charge >= 0.3 is 0 Å². The van der Waals surface area contributed by atoms with Crippen molar-refractivity contribution in [3.63, 3.8) is 0 Å². The zero-order valence-electron chi connectivity index (χ0n) is 25.6. The molecule has 0 saturated heterocycles. The van der Waals surface area contributed by atoms with Gasteiger partial charge in [-0.3, -0.25) is 0 Å². The summed E-state index contributed by atoms with van der Waals surface area (Å²) in [7, 11) is 0. The SMILES string of the molecule is CCCCCCCCCCCCCCCCCC[n+]1ccc(/C=C/c2ccc(OCc3ccccc3)cc2)cc1.[I-]. The van der Waals surface area contributed by atoms with Crippen molar-refractivity contribution in [1.82, 2.24) is 0 Å². The summed E-state index contributed by atoms with van der Waals surface area (Å²) < 4.78 is 8.21. The Hall–Kier alpha value is -2.14. The van der Waals surface area contributed by atoms with Crippen LogP contribution in [-0.2, 0) is 13.2 Å². The Morgan fingerprint density at radius 3 is 1.51 bits per heavy atom. The van der Waals surface area contributed by atoms with E-state index in [1.54, 1.807) is 0 Å². The number of hydrogen-bond acceptors (Lipinski definition) is 1. The van der Waals surface area contributed by atoms with Crippen LogP contribution in [0.25, 0.3) is 12.2 Å². The molecule has 41 heavy (non-hydrogen) atoms. The molecule has 0 amide bonds. The number of benzene rings is 2. The van der Waals surface area contributed by atoms with Crippen molar-refractivity contribution in [3.05, 3.63) is 95.8 Å². The summed E-state index contributed by atoms with van der Waals surface area (Å²) in [4.78, 5) is 0. The van der Waals surface area contributed by atoms with Crippen LogP contribution in [-0.4, -0.2) is 0 Å². The molecule has 0 unspecified atom stereocenters. The van der Waals surface area contributed by atoms with Gasteiger partial charge in [-0.25, -0.2) is 4.57 Å². The van der Waals surface area contributed by atoms with Crippen molar-refractivity contribution in [1.29, 1.82) is 0 Å². The van der Waals surface area contributed by atoms with Crippen LogP contribution < -0.4 is 33.3 Å². The molecular formula is C38H54INO. The van der Waals surface area contributed by atoms with Crippen molar-refractivity contribution in [2.45, 2.75) is 123 Å². The average molecular weight is 668 g/mol. The molecule has 224 valence electrons. The molecule has 0 bridgehead atoms. The lowest BCUT2D eigenvalue weighted by molar-refractivity contribution is -0.697. The van der Waals surface area contributed by atoms with Crippen molar-refractivity contribution in [2.24, 2.45) is 0 Å². The summed E-state index contributed by atoms with van der Waals surface area (Å²) in [5.41, 5.74) is 3.59. The zero-order valence-corrected chi connectivity index (χ0v) is 27.8. The summed E-state index contributed by atoms with van der Waals surface area (Å²) in [5.74, 6) is 0.899. The van der Waals surface area contributed by atoms with E-state index in [4.69, 9.17) is 4.74 Å². The number of unbranched alkanes of at least 4 members (excludes halogenated alkanes) is 15. The van der Waals surface area contributed by atoms with Crippen LogP contribution in [0.2, 0.25) is 0 Å². The topological polar surface area (TPSA) is 13.1 Å². The number of hydrogen-bond donors (Lipinski definition) is 0. The lowest BCUT2D eigenvalue weighted by Gasteiger charge is -2.06. The first-order valence-electron chi connectivity index (χ1n) is 16.3. The number of aryl methyl sites for hydroxylation is 1. The highest BCUT2D eigenvalue weighted by Gasteiger charge is 2.01. The van der Waals surface area contributed by atoms with E-state index in [2.05, 4.69) is 72.4 Å². The van der Waals surface area contributed by atoms with E-state index in [0.717, 1.165) is 12.3 Å². The Balaban J connectivity index is 0.00000588. The van der Waals surface area contributed by atoms with Crippen molar-refractivity contribution in [2.75, 3.05) is 0 Å². The number of rotatable bonds is 22. The molecule has 0 fully saturated rings. The number of aromatic nitrogens is 1. The van der Waals surface area contributed by atoms with Gasteiger partial charge in [-0.15, -0.1) is 0 Å². The summed E-state index contributed by atoms with van der Waals surface area (Å²) in [6.07, 6.45) is 31.5. The number of halogens is 1. The zero-order chi connectivity index (χ0) is 27.9. The second-order valence-electron chi connectivity index (χ2n) is 11.3. The van der Waals surface area contributed by atoms with E-state index in [0.29, 0.717) is 6.61 Å². The Morgan fingerprint density at radius 1 is 0.537 bits per heavy atom. The van der Waals surface area contributed by atoms with Crippen LogP contribution >= 0.6 is 0 Å². The van der Waals surface area contributed by atoms with Gasteiger partial charge in [-0.2, -0.15) is 0 Å². The Kier molecular flexibility index (Phi) is 20.0. The fourth-order valence-corrected chi connectivity index (χ4v) is 5.18. The minimum atomic E-state index is 0. The van der Waals surface area contributed by atoms with E-state index in [9.17, 15) is 0 Å². The molecule has 2 nitrogen and oxygen atoms in total. The highest BCUT2D eigenvalue weighted by molar-refractivity contribution is 5.69. The van der Waals surface area contributed by atoms with Gasteiger partial charge in [0.25, 0.3) is 0 Å². The molecule has 0 saturated carbocycles. The second kappa shape index (κ2) is 23.4. The summed E-state index contributed by atoms with van der Waals surface area (Å²) in [6.45, 7) is 4.01. The van der Waals surface area contributed by atoms with Crippen LogP contribution in [0.15, 0.2) is 79.1 Å². The van der Waals surface area contributed by atoms with E-state index in [-0.39, 0.29) is 24.0 Å². The molecule has 0 N–H and O–H groups in total. The average Bonchev–Trinajstić information content (AvgIpc) is 3.00. The highest BCUT2D eigenvalue weighted by atomic mass is 127. The smallest absolute Gasteiger partial charge is 0.169 e. The Labute approximate surface area is 268 Å². The minimum absolute atomic E-state index is 0. The molecule has 3 aromatic rings. The highest BCUT2D eigenvalue weighted by Crippen LogP contribution is 2.17. The fraction of sp³-hybridized carbons (Fsp3) is 0.500. The maximum absolute atomic E-state index is 5.89. The van der Waals surface area contributed by atoms with Crippen LogP contribution in [0.5, 0.6) is 5.75 Å². The predicted octanol–water partition coefficient (Wildman–Crippen LogP) is 7.99. The normalized spacial score (nSPS) is 11.0. The standard InChI is InChI=1S/C38H54NO.HI/c1-2-3-4-5-6-7-8-9-10-11-12-13-14-15-16-20-31-39-32-29-36(30-33-39)24-23-35-25-27-38(28-26-35)40-34-37-21-18-17-19-22-37;/h17-19,21-30,32-33H,2-16,20,31,34H2,1H3;1H/q+1;/p-1/b24-23+;. The van der Waals surface area contributed by atoms with Gasteiger partial charge < -0.3 is 28.7 Å². The van der Waals surface area contributed by atoms with Gasteiger partial charge in [0, 0.05) is 18.6 Å². The molecule has 0 aliphatic heterocycles. The van der Waals surface area contributed by atoms with Gasteiger partial charge in [0.05, 0.1) is 0 Å². The number of pyridine rings is 1. The molecule has 1 aromatic heterocycles. The predicted molar refractivity (Wildman–Crippen MR) is 172 cm³/mol. The summed E-state index contributed by atoms with van der Waals surface area (Å²) in [6, 6.07) is 23.0. The quantitative estimate of drug-likeness (QED) is 0.0602. The molecule has 0 aliphatic carbocycles. The van der Waals surface area contributed by atoms with Crippen LogP contribution in [0.1, 0.15) is 126 Å². The largest absolute Gasteiger partial charge is 1.00 e. The monoisotopic (exact) mass is 667 g/mol. The molecule has 0 radical (unpaired) electrons. The van der Waals surface area contributed by atoms with Gasteiger partial charge in [-0.1, -0.05) is 151 Å². The van der Waals surface area contributed by atoms with E-state index < -0.39 is 0 Å². The van der Waals surface area contributed by atoms with E-state index >= 15 is 0 Å². The van der Waals surface area contributed by atoms with Crippen molar-refractivity contribution in [3.8, 4) is 5.75 Å². The first-order valence-corrected chi connectivity index (χ1v) is 16.3. The molecule has 0 spiro atoms. The lowest BCUT2D eigenvalue weighted by Crippen LogP contribution is -3.00. The third-order valence-corrected chi connectivity index (χ3v) is 7.78. The summed E-state index contributed by atoms with van der Waals surface area (Å²) in [5, 5.41) is 0. The maximum atomic E-state index is 5.89. The molecule has 3 heteroatoms. The maximum Gasteiger partial charge on any atom is 0.169 e. The van der Waals surface area contributed by atoms with E-state index in [1.165, 1.54) is 119 Å². The lowest BCUT2D eigenvalue weighted by atomic mass is 10.0. The third-order valence-electron chi connectivity index (χ3n) is 7.78. The first-order chi connectivity index (χ1) is 19.8.